The first-order valence-electron chi connectivity index (χ1n) is 7.29. The van der Waals surface area contributed by atoms with E-state index in [0.717, 1.165) is 0 Å². The zero-order chi connectivity index (χ0) is 18.9. The summed E-state index contributed by atoms with van der Waals surface area (Å²) in [7, 11) is -4.07. The molecule has 1 heterocycles. The molecular formula is C17H13Cl2NO5S. The van der Waals surface area contributed by atoms with Crippen LogP contribution in [-0.4, -0.2) is 13.5 Å². The first-order chi connectivity index (χ1) is 12.3. The van der Waals surface area contributed by atoms with Gasteiger partial charge in [0.05, 0.1) is 5.02 Å². The third-order valence-electron chi connectivity index (χ3n) is 3.44. The van der Waals surface area contributed by atoms with Crippen molar-refractivity contribution in [3.05, 3.63) is 64.1 Å². The minimum atomic E-state index is -4.07. The van der Waals surface area contributed by atoms with E-state index in [1.165, 1.54) is 18.2 Å². The topological polar surface area (TPSA) is 103 Å². The molecule has 0 aliphatic heterocycles. The highest BCUT2D eigenvalue weighted by molar-refractivity contribution is 7.86. The molecule has 136 valence electrons. The third-order valence-corrected chi connectivity index (χ3v) is 5.09. The summed E-state index contributed by atoms with van der Waals surface area (Å²) in [6.45, 7) is 0. The van der Waals surface area contributed by atoms with Gasteiger partial charge >= 0.3 is 10.1 Å². The molecule has 0 aliphatic rings. The molecule has 2 aromatic carbocycles. The molecular weight excluding hydrogens is 401 g/mol. The summed E-state index contributed by atoms with van der Waals surface area (Å²) in [6, 6.07) is 12.9. The predicted molar refractivity (Wildman–Crippen MR) is 99.9 cm³/mol. The molecule has 9 heteroatoms. The van der Waals surface area contributed by atoms with Gasteiger partial charge in [0.1, 0.15) is 5.75 Å². The van der Waals surface area contributed by atoms with E-state index in [-0.39, 0.29) is 22.2 Å². The van der Waals surface area contributed by atoms with Crippen LogP contribution in [-0.2, 0) is 15.9 Å². The lowest BCUT2D eigenvalue weighted by Gasteiger charge is -2.06. The van der Waals surface area contributed by atoms with Gasteiger partial charge in [0.15, 0.2) is 5.76 Å². The highest BCUT2D eigenvalue weighted by Crippen LogP contribution is 2.47. The van der Waals surface area contributed by atoms with Crippen molar-refractivity contribution in [2.45, 2.75) is 5.75 Å². The Morgan fingerprint density at radius 3 is 2.46 bits per heavy atom. The lowest BCUT2D eigenvalue weighted by Crippen LogP contribution is -2.12. The third kappa shape index (κ3) is 3.90. The molecule has 0 fully saturated rings. The van der Waals surface area contributed by atoms with Gasteiger partial charge in [-0.05, 0) is 23.8 Å². The Kier molecular flexibility index (Phi) is 5.04. The van der Waals surface area contributed by atoms with E-state index >= 15 is 0 Å². The summed E-state index contributed by atoms with van der Waals surface area (Å²) in [4.78, 5) is 0. The number of halogens is 2. The van der Waals surface area contributed by atoms with Crippen molar-refractivity contribution in [1.29, 1.82) is 0 Å². The number of furan rings is 1. The van der Waals surface area contributed by atoms with Crippen LogP contribution < -0.4 is 9.92 Å². The highest BCUT2D eigenvalue weighted by atomic mass is 35.5. The van der Waals surface area contributed by atoms with Crippen LogP contribution in [0.2, 0.25) is 10.0 Å². The molecule has 3 N–H and O–H groups in total. The van der Waals surface area contributed by atoms with Gasteiger partial charge in [-0.25, -0.2) is 0 Å². The standard InChI is InChI=1S/C17H13Cl2NO5S/c18-11-6-7-12(13(19)8-11)15-14(21)16(17(20)24-15)25-26(22,23)9-10-4-2-1-3-5-10/h1-8,21H,9,20H2. The van der Waals surface area contributed by atoms with E-state index in [1.54, 1.807) is 30.3 Å². The van der Waals surface area contributed by atoms with Crippen LogP contribution in [0.1, 0.15) is 5.56 Å². The Balaban J connectivity index is 1.93. The Morgan fingerprint density at radius 1 is 1.12 bits per heavy atom. The summed E-state index contributed by atoms with van der Waals surface area (Å²) < 4.78 is 34.7. The molecule has 0 saturated carbocycles. The van der Waals surface area contributed by atoms with Crippen molar-refractivity contribution in [2.24, 2.45) is 0 Å². The van der Waals surface area contributed by atoms with Crippen molar-refractivity contribution in [2.75, 3.05) is 5.73 Å². The Labute approximate surface area is 159 Å². The van der Waals surface area contributed by atoms with Gasteiger partial charge in [0, 0.05) is 10.6 Å². The van der Waals surface area contributed by atoms with Gasteiger partial charge in [-0.1, -0.05) is 53.5 Å². The molecule has 0 bridgehead atoms. The minimum absolute atomic E-state index is 0.117. The zero-order valence-corrected chi connectivity index (χ0v) is 15.5. The van der Waals surface area contributed by atoms with Gasteiger partial charge in [-0.2, -0.15) is 8.42 Å². The number of aromatic hydroxyl groups is 1. The van der Waals surface area contributed by atoms with Gasteiger partial charge in [-0.3, -0.25) is 0 Å². The second-order valence-corrected chi connectivity index (χ2v) is 7.78. The quantitative estimate of drug-likeness (QED) is 0.598. The zero-order valence-electron chi connectivity index (χ0n) is 13.1. The first-order valence-corrected chi connectivity index (χ1v) is 9.63. The van der Waals surface area contributed by atoms with Crippen molar-refractivity contribution in [3.63, 3.8) is 0 Å². The highest BCUT2D eigenvalue weighted by Gasteiger charge is 2.27. The second-order valence-electron chi connectivity index (χ2n) is 5.37. The lowest BCUT2D eigenvalue weighted by atomic mass is 10.1. The fraction of sp³-hybridized carbons (Fsp3) is 0.0588. The van der Waals surface area contributed by atoms with E-state index in [4.69, 9.17) is 37.5 Å². The largest absolute Gasteiger partial charge is 0.501 e. The number of benzene rings is 2. The molecule has 0 saturated heterocycles. The maximum Gasteiger partial charge on any atom is 0.313 e. The normalized spacial score (nSPS) is 11.5. The smallest absolute Gasteiger partial charge is 0.313 e. The second kappa shape index (κ2) is 7.11. The molecule has 6 nitrogen and oxygen atoms in total. The number of rotatable bonds is 5. The monoisotopic (exact) mass is 413 g/mol. The van der Waals surface area contributed by atoms with Crippen LogP contribution in [0.15, 0.2) is 52.9 Å². The van der Waals surface area contributed by atoms with Crippen LogP contribution >= 0.6 is 23.2 Å². The Hall–Kier alpha value is -2.35. The molecule has 0 radical (unpaired) electrons. The van der Waals surface area contributed by atoms with E-state index in [2.05, 4.69) is 0 Å². The summed E-state index contributed by atoms with van der Waals surface area (Å²) >= 11 is 11.9. The molecule has 1 aromatic heterocycles. The fourth-order valence-electron chi connectivity index (χ4n) is 2.30. The maximum absolute atomic E-state index is 12.3. The lowest BCUT2D eigenvalue weighted by molar-refractivity contribution is 0.432. The molecule has 0 atom stereocenters. The van der Waals surface area contributed by atoms with Crippen molar-refractivity contribution in [3.8, 4) is 22.8 Å². The van der Waals surface area contributed by atoms with E-state index < -0.39 is 27.4 Å². The molecule has 0 unspecified atom stereocenters. The number of hydrogen-bond acceptors (Lipinski definition) is 6. The van der Waals surface area contributed by atoms with Gasteiger partial charge in [-0.15, -0.1) is 0 Å². The first kappa shape index (κ1) is 18.4. The summed E-state index contributed by atoms with van der Waals surface area (Å²) in [5, 5.41) is 10.9. The number of nitrogen functional groups attached to an aromatic ring is 1. The van der Waals surface area contributed by atoms with E-state index in [9.17, 15) is 13.5 Å². The Morgan fingerprint density at radius 2 is 1.81 bits per heavy atom. The van der Waals surface area contributed by atoms with Crippen LogP contribution in [0.25, 0.3) is 11.3 Å². The predicted octanol–water partition coefficient (Wildman–Crippen LogP) is 4.45. The van der Waals surface area contributed by atoms with Gasteiger partial charge in [0.2, 0.25) is 17.4 Å². The number of hydrogen-bond donors (Lipinski definition) is 2. The summed E-state index contributed by atoms with van der Waals surface area (Å²) in [5.74, 6) is -1.95. The average Bonchev–Trinajstić information content (AvgIpc) is 2.83. The van der Waals surface area contributed by atoms with Gasteiger partial charge < -0.3 is 19.4 Å². The van der Waals surface area contributed by atoms with Crippen molar-refractivity contribution >= 4 is 39.2 Å². The van der Waals surface area contributed by atoms with Crippen LogP contribution in [0.4, 0.5) is 5.88 Å². The van der Waals surface area contributed by atoms with Crippen molar-refractivity contribution < 1.29 is 22.1 Å². The molecule has 0 amide bonds. The van der Waals surface area contributed by atoms with Crippen LogP contribution in [0.5, 0.6) is 11.5 Å². The van der Waals surface area contributed by atoms with E-state index in [1.807, 2.05) is 0 Å². The summed E-state index contributed by atoms with van der Waals surface area (Å²) in [6.07, 6.45) is 0. The van der Waals surface area contributed by atoms with Crippen molar-refractivity contribution in [1.82, 2.24) is 0 Å². The number of nitrogens with two attached hydrogens (primary N) is 1. The van der Waals surface area contributed by atoms with Crippen LogP contribution in [0, 0.1) is 0 Å². The maximum atomic E-state index is 12.3. The average molecular weight is 414 g/mol. The molecule has 0 spiro atoms. The molecule has 3 rings (SSSR count). The minimum Gasteiger partial charge on any atom is -0.501 e. The molecule has 26 heavy (non-hydrogen) atoms. The Bertz CT molecular complexity index is 1050. The molecule has 0 aliphatic carbocycles. The molecule has 3 aromatic rings. The summed E-state index contributed by atoms with van der Waals surface area (Å²) in [5.41, 5.74) is 6.49. The van der Waals surface area contributed by atoms with Crippen LogP contribution in [0.3, 0.4) is 0 Å². The number of anilines is 1. The SMILES string of the molecule is Nc1oc(-c2ccc(Cl)cc2Cl)c(O)c1OS(=O)(=O)Cc1ccccc1. The van der Waals surface area contributed by atoms with E-state index in [0.29, 0.717) is 10.6 Å². The fourth-order valence-corrected chi connectivity index (χ4v) is 3.86. The van der Waals surface area contributed by atoms with Gasteiger partial charge in [0.25, 0.3) is 0 Å².